The molecule has 2 nitrogen and oxygen atoms in total. The number of ether oxygens (including phenoxy) is 1. The molecular formula is C18H29NO. The molecule has 112 valence electrons. The lowest BCUT2D eigenvalue weighted by Crippen LogP contribution is -2.23. The molecule has 1 aromatic rings. The first kappa shape index (κ1) is 16.8. The summed E-state index contributed by atoms with van der Waals surface area (Å²) in [7, 11) is 1.72. The molecule has 0 bridgehead atoms. The van der Waals surface area contributed by atoms with E-state index >= 15 is 0 Å². The van der Waals surface area contributed by atoms with Gasteiger partial charge in [-0.25, -0.2) is 0 Å². The van der Waals surface area contributed by atoms with Crippen LogP contribution in [0.4, 0.5) is 0 Å². The normalized spacial score (nSPS) is 12.3. The molecule has 0 radical (unpaired) electrons. The van der Waals surface area contributed by atoms with Crippen LogP contribution >= 0.6 is 0 Å². The van der Waals surface area contributed by atoms with Crippen LogP contribution in [0.5, 0.6) is 5.75 Å². The molecule has 20 heavy (non-hydrogen) atoms. The van der Waals surface area contributed by atoms with Gasteiger partial charge in [-0.3, -0.25) is 0 Å². The third-order valence-electron chi connectivity index (χ3n) is 3.39. The van der Waals surface area contributed by atoms with Crippen LogP contribution in [0.3, 0.4) is 0 Å². The summed E-state index contributed by atoms with van der Waals surface area (Å²) in [5.41, 5.74) is 3.87. The minimum atomic E-state index is 0.553. The van der Waals surface area contributed by atoms with Crippen molar-refractivity contribution in [2.24, 2.45) is 11.8 Å². The van der Waals surface area contributed by atoms with Gasteiger partial charge >= 0.3 is 0 Å². The summed E-state index contributed by atoms with van der Waals surface area (Å²) in [5, 5.41) is 3.53. The van der Waals surface area contributed by atoms with Gasteiger partial charge in [0.25, 0.3) is 0 Å². The van der Waals surface area contributed by atoms with Crippen LogP contribution in [0, 0.1) is 18.8 Å². The summed E-state index contributed by atoms with van der Waals surface area (Å²) >= 11 is 0. The fourth-order valence-electron chi connectivity index (χ4n) is 2.13. The van der Waals surface area contributed by atoms with Gasteiger partial charge in [-0.2, -0.15) is 0 Å². The molecule has 0 atom stereocenters. The second-order valence-corrected chi connectivity index (χ2v) is 6.13. The minimum Gasteiger partial charge on any atom is -0.496 e. The van der Waals surface area contributed by atoms with Gasteiger partial charge in [0.05, 0.1) is 7.11 Å². The Morgan fingerprint density at radius 2 is 1.95 bits per heavy atom. The first-order valence-corrected chi connectivity index (χ1v) is 7.49. The topological polar surface area (TPSA) is 21.3 Å². The molecule has 0 aromatic heterocycles. The molecule has 0 aliphatic carbocycles. The highest BCUT2D eigenvalue weighted by atomic mass is 16.5. The highest BCUT2D eigenvalue weighted by molar-refractivity contribution is 5.56. The van der Waals surface area contributed by atoms with Gasteiger partial charge < -0.3 is 10.1 Å². The Morgan fingerprint density at radius 1 is 1.25 bits per heavy atom. The third-order valence-corrected chi connectivity index (χ3v) is 3.39. The highest BCUT2D eigenvalue weighted by Gasteiger charge is 2.05. The summed E-state index contributed by atoms with van der Waals surface area (Å²) < 4.78 is 5.31. The van der Waals surface area contributed by atoms with Gasteiger partial charge in [-0.15, -0.1) is 0 Å². The average Bonchev–Trinajstić information content (AvgIpc) is 2.37. The summed E-state index contributed by atoms with van der Waals surface area (Å²) in [5.74, 6) is 2.19. The standard InChI is InChI=1S/C18H29NO/c1-13(2)11-19-12-17(14(3)4)10-16-7-8-18(20-6)15(5)9-16/h7-10,13-14,19H,11-12H2,1-6H3. The first-order chi connectivity index (χ1) is 9.43. The Kier molecular flexibility index (Phi) is 6.80. The minimum absolute atomic E-state index is 0.553. The SMILES string of the molecule is COc1ccc(C=C(CNCC(C)C)C(C)C)cc1C. The van der Waals surface area contributed by atoms with Gasteiger partial charge in [-0.05, 0) is 48.6 Å². The van der Waals surface area contributed by atoms with E-state index in [2.05, 4.69) is 58.1 Å². The Balaban J connectivity index is 2.82. The van der Waals surface area contributed by atoms with E-state index in [0.717, 1.165) is 18.8 Å². The van der Waals surface area contributed by atoms with E-state index in [0.29, 0.717) is 11.8 Å². The zero-order valence-electron chi connectivity index (χ0n) is 13.8. The lowest BCUT2D eigenvalue weighted by Gasteiger charge is -2.15. The van der Waals surface area contributed by atoms with Crippen molar-refractivity contribution in [3.05, 3.63) is 34.9 Å². The molecule has 0 fully saturated rings. The predicted molar refractivity (Wildman–Crippen MR) is 88.3 cm³/mol. The van der Waals surface area contributed by atoms with Gasteiger partial charge in [0.15, 0.2) is 0 Å². The maximum absolute atomic E-state index is 5.31. The van der Waals surface area contributed by atoms with E-state index in [1.165, 1.54) is 16.7 Å². The number of rotatable bonds is 7. The van der Waals surface area contributed by atoms with Crippen LogP contribution in [0.15, 0.2) is 23.8 Å². The summed E-state index contributed by atoms with van der Waals surface area (Å²) in [6, 6.07) is 6.35. The molecule has 1 rings (SSSR count). The first-order valence-electron chi connectivity index (χ1n) is 7.49. The quantitative estimate of drug-likeness (QED) is 0.801. The average molecular weight is 275 g/mol. The van der Waals surface area contributed by atoms with Crippen LogP contribution in [0.25, 0.3) is 6.08 Å². The van der Waals surface area contributed by atoms with Gasteiger partial charge in [0.1, 0.15) is 5.75 Å². The van der Waals surface area contributed by atoms with Crippen LogP contribution in [0.1, 0.15) is 38.8 Å². The maximum atomic E-state index is 5.31. The van der Waals surface area contributed by atoms with Crippen LogP contribution in [0.2, 0.25) is 0 Å². The number of methoxy groups -OCH3 is 1. The largest absolute Gasteiger partial charge is 0.496 e. The molecule has 1 N–H and O–H groups in total. The molecule has 0 unspecified atom stereocenters. The summed E-state index contributed by atoms with van der Waals surface area (Å²) in [6.45, 7) is 13.1. The number of benzene rings is 1. The van der Waals surface area contributed by atoms with Gasteiger partial charge in [0, 0.05) is 6.54 Å². The second kappa shape index (κ2) is 8.11. The van der Waals surface area contributed by atoms with E-state index in [1.807, 2.05) is 6.07 Å². The van der Waals surface area contributed by atoms with E-state index < -0.39 is 0 Å². The lowest BCUT2D eigenvalue weighted by molar-refractivity contribution is 0.411. The number of nitrogens with one attached hydrogen (secondary N) is 1. The Bertz CT molecular complexity index is 447. The van der Waals surface area contributed by atoms with Crippen molar-refractivity contribution >= 4 is 6.08 Å². The fourth-order valence-corrected chi connectivity index (χ4v) is 2.13. The van der Waals surface area contributed by atoms with Crippen molar-refractivity contribution in [3.8, 4) is 5.75 Å². The highest BCUT2D eigenvalue weighted by Crippen LogP contribution is 2.21. The molecule has 0 spiro atoms. The van der Waals surface area contributed by atoms with Crippen molar-refractivity contribution < 1.29 is 4.74 Å². The molecule has 0 heterocycles. The molecule has 0 saturated carbocycles. The lowest BCUT2D eigenvalue weighted by atomic mass is 9.99. The molecule has 0 aliphatic rings. The van der Waals surface area contributed by atoms with Crippen LogP contribution in [-0.2, 0) is 0 Å². The molecule has 0 amide bonds. The molecular weight excluding hydrogens is 246 g/mol. The van der Waals surface area contributed by atoms with Crippen molar-refractivity contribution in [2.45, 2.75) is 34.6 Å². The zero-order chi connectivity index (χ0) is 15.1. The molecule has 0 saturated heterocycles. The van der Waals surface area contributed by atoms with Crippen molar-refractivity contribution in [3.63, 3.8) is 0 Å². The number of hydrogen-bond donors (Lipinski definition) is 1. The summed E-state index contributed by atoms with van der Waals surface area (Å²) in [6.07, 6.45) is 2.30. The van der Waals surface area contributed by atoms with Crippen LogP contribution < -0.4 is 10.1 Å². The molecule has 1 aromatic carbocycles. The number of hydrogen-bond acceptors (Lipinski definition) is 2. The van der Waals surface area contributed by atoms with Crippen molar-refractivity contribution in [2.75, 3.05) is 20.2 Å². The predicted octanol–water partition coefficient (Wildman–Crippen LogP) is 4.29. The third kappa shape index (κ3) is 5.38. The monoisotopic (exact) mass is 275 g/mol. The Hall–Kier alpha value is -1.28. The molecule has 0 aliphatic heterocycles. The van der Waals surface area contributed by atoms with Crippen LogP contribution in [-0.4, -0.2) is 20.2 Å². The Morgan fingerprint density at radius 3 is 2.45 bits per heavy atom. The zero-order valence-corrected chi connectivity index (χ0v) is 13.8. The Labute approximate surface area is 124 Å². The van der Waals surface area contributed by atoms with Crippen molar-refractivity contribution in [1.82, 2.24) is 5.32 Å². The smallest absolute Gasteiger partial charge is 0.121 e. The maximum Gasteiger partial charge on any atom is 0.121 e. The molecule has 2 heteroatoms. The van der Waals surface area contributed by atoms with E-state index in [1.54, 1.807) is 7.11 Å². The van der Waals surface area contributed by atoms with E-state index in [9.17, 15) is 0 Å². The van der Waals surface area contributed by atoms with Gasteiger partial charge in [-0.1, -0.05) is 45.4 Å². The van der Waals surface area contributed by atoms with E-state index in [-0.39, 0.29) is 0 Å². The second-order valence-electron chi connectivity index (χ2n) is 6.13. The fraction of sp³-hybridized carbons (Fsp3) is 0.556. The number of aryl methyl sites for hydroxylation is 1. The summed E-state index contributed by atoms with van der Waals surface area (Å²) in [4.78, 5) is 0. The van der Waals surface area contributed by atoms with Crippen molar-refractivity contribution in [1.29, 1.82) is 0 Å². The van der Waals surface area contributed by atoms with E-state index in [4.69, 9.17) is 4.74 Å². The van der Waals surface area contributed by atoms with Gasteiger partial charge in [0.2, 0.25) is 0 Å².